The van der Waals surface area contributed by atoms with Gasteiger partial charge >= 0.3 is 5.97 Å². The van der Waals surface area contributed by atoms with Gasteiger partial charge in [-0.15, -0.1) is 11.3 Å². The molecule has 0 saturated carbocycles. The minimum Gasteiger partial charge on any atom is -0.481 e. The van der Waals surface area contributed by atoms with Crippen LogP contribution in [0.5, 0.6) is 0 Å². The summed E-state index contributed by atoms with van der Waals surface area (Å²) in [6, 6.07) is 3.34. The Morgan fingerprint density at radius 1 is 1.50 bits per heavy atom. The third-order valence-electron chi connectivity index (χ3n) is 3.04. The van der Waals surface area contributed by atoms with E-state index in [1.54, 1.807) is 12.1 Å². The fourth-order valence-corrected chi connectivity index (χ4v) is 5.00. The van der Waals surface area contributed by atoms with Crippen LogP contribution in [0.1, 0.15) is 17.7 Å². The van der Waals surface area contributed by atoms with Crippen molar-refractivity contribution in [1.29, 1.82) is 0 Å². The summed E-state index contributed by atoms with van der Waals surface area (Å²) in [5.41, 5.74) is 0. The molecule has 0 aliphatic carbocycles. The first kappa shape index (κ1) is 13.5. The SMILES string of the molecule is Cc1ccc(S(=O)(=O)N2CCC[C@@H](C(=O)O)C2)s1. The molecule has 1 aromatic rings. The Kier molecular flexibility index (Phi) is 3.74. The minimum atomic E-state index is -3.52. The number of thiophene rings is 1. The molecule has 0 unspecified atom stereocenters. The molecule has 1 fully saturated rings. The van der Waals surface area contributed by atoms with E-state index in [9.17, 15) is 13.2 Å². The summed E-state index contributed by atoms with van der Waals surface area (Å²) >= 11 is 1.22. The van der Waals surface area contributed by atoms with Crippen molar-refractivity contribution in [2.75, 3.05) is 13.1 Å². The molecule has 7 heteroatoms. The lowest BCUT2D eigenvalue weighted by molar-refractivity contribution is -0.142. The molecule has 0 spiro atoms. The lowest BCUT2D eigenvalue weighted by Gasteiger charge is -2.29. The van der Waals surface area contributed by atoms with E-state index >= 15 is 0 Å². The Morgan fingerprint density at radius 3 is 2.78 bits per heavy atom. The molecule has 0 radical (unpaired) electrons. The maximum absolute atomic E-state index is 12.3. The number of rotatable bonds is 3. The molecule has 1 aromatic heterocycles. The van der Waals surface area contributed by atoms with Crippen LogP contribution in [0.15, 0.2) is 16.3 Å². The summed E-state index contributed by atoms with van der Waals surface area (Å²) < 4.78 is 26.2. The predicted molar refractivity (Wildman–Crippen MR) is 68.2 cm³/mol. The molecular formula is C11H15NO4S2. The van der Waals surface area contributed by atoms with E-state index in [1.807, 2.05) is 6.92 Å². The molecule has 0 amide bonds. The van der Waals surface area contributed by atoms with Gasteiger partial charge in [0.2, 0.25) is 0 Å². The van der Waals surface area contributed by atoms with Crippen molar-refractivity contribution >= 4 is 27.3 Å². The van der Waals surface area contributed by atoms with Crippen molar-refractivity contribution in [3.05, 3.63) is 17.0 Å². The number of sulfonamides is 1. The highest BCUT2D eigenvalue weighted by Gasteiger charge is 2.33. The first-order valence-corrected chi connectivity index (χ1v) is 7.96. The van der Waals surface area contributed by atoms with Crippen LogP contribution in [0.25, 0.3) is 0 Å². The molecule has 2 rings (SSSR count). The number of aryl methyl sites for hydroxylation is 1. The molecule has 1 atom stereocenters. The minimum absolute atomic E-state index is 0.0780. The number of aliphatic carboxylic acids is 1. The van der Waals surface area contributed by atoms with Crippen molar-refractivity contribution in [1.82, 2.24) is 4.31 Å². The van der Waals surface area contributed by atoms with Crippen molar-refractivity contribution in [2.45, 2.75) is 24.0 Å². The molecule has 18 heavy (non-hydrogen) atoms. The molecule has 1 aliphatic rings. The standard InChI is InChI=1S/C11H15NO4S2/c1-8-4-5-10(17-8)18(15,16)12-6-2-3-9(7-12)11(13)14/h4-5,9H,2-3,6-7H2,1H3,(H,13,14)/t9-/m1/s1. The van der Waals surface area contributed by atoms with E-state index in [0.717, 1.165) is 4.88 Å². The quantitative estimate of drug-likeness (QED) is 0.916. The highest BCUT2D eigenvalue weighted by Crippen LogP contribution is 2.28. The Morgan fingerprint density at radius 2 is 2.22 bits per heavy atom. The van der Waals surface area contributed by atoms with Gasteiger partial charge in [0.25, 0.3) is 10.0 Å². The van der Waals surface area contributed by atoms with Crippen LogP contribution in [0.3, 0.4) is 0 Å². The van der Waals surface area contributed by atoms with Crippen LogP contribution in [0, 0.1) is 12.8 Å². The van der Waals surface area contributed by atoms with Crippen molar-refractivity contribution in [3.63, 3.8) is 0 Å². The predicted octanol–water partition coefficient (Wildman–Crippen LogP) is 1.54. The molecule has 100 valence electrons. The van der Waals surface area contributed by atoms with E-state index in [0.29, 0.717) is 23.6 Å². The molecule has 1 aliphatic heterocycles. The lowest BCUT2D eigenvalue weighted by Crippen LogP contribution is -2.41. The summed E-state index contributed by atoms with van der Waals surface area (Å²) in [5, 5.41) is 8.98. The van der Waals surface area contributed by atoms with Gasteiger partial charge in [-0.2, -0.15) is 4.31 Å². The number of carbonyl (C=O) groups is 1. The summed E-state index contributed by atoms with van der Waals surface area (Å²) in [6.45, 7) is 2.33. The average Bonchev–Trinajstić information content (AvgIpc) is 2.77. The van der Waals surface area contributed by atoms with Crippen molar-refractivity contribution in [2.24, 2.45) is 5.92 Å². The van der Waals surface area contributed by atoms with Crippen LogP contribution >= 0.6 is 11.3 Å². The maximum Gasteiger partial charge on any atom is 0.307 e. The summed E-state index contributed by atoms with van der Waals surface area (Å²) in [4.78, 5) is 11.9. The van der Waals surface area contributed by atoms with Crippen LogP contribution < -0.4 is 0 Å². The van der Waals surface area contributed by atoms with Crippen molar-refractivity contribution in [3.8, 4) is 0 Å². The third kappa shape index (κ3) is 2.57. The van der Waals surface area contributed by atoms with Crippen LogP contribution in [-0.4, -0.2) is 36.9 Å². The van der Waals surface area contributed by atoms with Crippen molar-refractivity contribution < 1.29 is 18.3 Å². The van der Waals surface area contributed by atoms with Gasteiger partial charge in [-0.25, -0.2) is 8.42 Å². The van der Waals surface area contributed by atoms with Gasteiger partial charge in [0.1, 0.15) is 4.21 Å². The normalized spacial score (nSPS) is 21.9. The summed E-state index contributed by atoms with van der Waals surface area (Å²) in [5.74, 6) is -1.51. The largest absolute Gasteiger partial charge is 0.481 e. The van der Waals surface area contributed by atoms with Crippen LogP contribution in [0.2, 0.25) is 0 Å². The monoisotopic (exact) mass is 289 g/mol. The number of carboxylic acids is 1. The molecule has 0 aromatic carbocycles. The van der Waals surface area contributed by atoms with Gasteiger partial charge in [-0.1, -0.05) is 0 Å². The Hall–Kier alpha value is -0.920. The smallest absolute Gasteiger partial charge is 0.307 e. The number of piperidine rings is 1. The lowest BCUT2D eigenvalue weighted by atomic mass is 10.0. The number of hydrogen-bond acceptors (Lipinski definition) is 4. The summed E-state index contributed by atoms with van der Waals surface area (Å²) in [7, 11) is -3.52. The summed E-state index contributed by atoms with van der Waals surface area (Å²) in [6.07, 6.45) is 1.14. The molecule has 2 heterocycles. The van der Waals surface area contributed by atoms with E-state index in [-0.39, 0.29) is 6.54 Å². The second-order valence-corrected chi connectivity index (χ2v) is 7.86. The van der Waals surface area contributed by atoms with Gasteiger partial charge in [0.05, 0.1) is 5.92 Å². The maximum atomic E-state index is 12.3. The average molecular weight is 289 g/mol. The van der Waals surface area contributed by atoms with E-state index < -0.39 is 21.9 Å². The van der Waals surface area contributed by atoms with Gasteiger partial charge in [-0.3, -0.25) is 4.79 Å². The fraction of sp³-hybridized carbons (Fsp3) is 0.545. The van der Waals surface area contributed by atoms with Gasteiger partial charge in [0, 0.05) is 18.0 Å². The highest BCUT2D eigenvalue weighted by molar-refractivity contribution is 7.91. The van der Waals surface area contributed by atoms with Crippen LogP contribution in [0.4, 0.5) is 0 Å². The van der Waals surface area contributed by atoms with E-state index in [4.69, 9.17) is 5.11 Å². The molecule has 5 nitrogen and oxygen atoms in total. The molecular weight excluding hydrogens is 274 g/mol. The van der Waals surface area contributed by atoms with E-state index in [2.05, 4.69) is 0 Å². The Balaban J connectivity index is 2.22. The number of carboxylic acid groups (broad SMARTS) is 1. The van der Waals surface area contributed by atoms with Crippen LogP contribution in [-0.2, 0) is 14.8 Å². The van der Waals surface area contributed by atoms with Gasteiger partial charge in [0.15, 0.2) is 0 Å². The fourth-order valence-electron chi connectivity index (χ4n) is 2.04. The second kappa shape index (κ2) is 4.99. The first-order chi connectivity index (χ1) is 8.41. The van der Waals surface area contributed by atoms with Gasteiger partial charge in [-0.05, 0) is 31.9 Å². The Labute approximate surface area is 110 Å². The molecule has 0 bridgehead atoms. The zero-order valence-corrected chi connectivity index (χ0v) is 11.6. The van der Waals surface area contributed by atoms with Gasteiger partial charge < -0.3 is 5.11 Å². The number of nitrogens with zero attached hydrogens (tertiary/aromatic N) is 1. The molecule has 1 saturated heterocycles. The second-order valence-electron chi connectivity index (χ2n) is 4.41. The van der Waals surface area contributed by atoms with E-state index in [1.165, 1.54) is 15.6 Å². The topological polar surface area (TPSA) is 74.7 Å². The highest BCUT2D eigenvalue weighted by atomic mass is 32.2. The molecule has 1 N–H and O–H groups in total. The Bertz CT molecular complexity index is 549. The number of hydrogen-bond donors (Lipinski definition) is 1. The zero-order valence-electron chi connectivity index (χ0n) is 10.00. The zero-order chi connectivity index (χ0) is 13.3. The third-order valence-corrected chi connectivity index (χ3v) is 6.38. The first-order valence-electron chi connectivity index (χ1n) is 5.70.